The van der Waals surface area contributed by atoms with Gasteiger partial charge in [0, 0.05) is 20.1 Å². The zero-order valence-electron chi connectivity index (χ0n) is 9.40. The predicted octanol–water partition coefficient (Wildman–Crippen LogP) is 2.86. The van der Waals surface area contributed by atoms with Crippen molar-refractivity contribution in [3.05, 3.63) is 0 Å². The summed E-state index contributed by atoms with van der Waals surface area (Å²) in [5, 5.41) is 0. The van der Waals surface area contributed by atoms with Crippen LogP contribution in [0.1, 0.15) is 33.6 Å². The van der Waals surface area contributed by atoms with Crippen molar-refractivity contribution in [1.29, 1.82) is 0 Å². The van der Waals surface area contributed by atoms with Crippen LogP contribution < -0.4 is 0 Å². The SMILES string of the molecule is COCC(C)(C)OCCCC(C)(F)F. The summed E-state index contributed by atoms with van der Waals surface area (Å²) in [4.78, 5) is 0. The van der Waals surface area contributed by atoms with E-state index in [0.717, 1.165) is 6.92 Å². The fourth-order valence-corrected chi connectivity index (χ4v) is 1.12. The predicted molar refractivity (Wildman–Crippen MR) is 51.8 cm³/mol. The van der Waals surface area contributed by atoms with Gasteiger partial charge in [0.2, 0.25) is 5.92 Å². The van der Waals surface area contributed by atoms with Gasteiger partial charge >= 0.3 is 0 Å². The molecule has 4 heteroatoms. The molecule has 0 aromatic rings. The van der Waals surface area contributed by atoms with Crippen LogP contribution in [0.2, 0.25) is 0 Å². The summed E-state index contributed by atoms with van der Waals surface area (Å²) in [5.41, 5.74) is -0.391. The second-order valence-electron chi connectivity index (χ2n) is 4.21. The van der Waals surface area contributed by atoms with E-state index >= 15 is 0 Å². The first-order valence-corrected chi connectivity index (χ1v) is 4.77. The first-order chi connectivity index (χ1) is 6.27. The maximum Gasteiger partial charge on any atom is 0.245 e. The number of hydrogen-bond donors (Lipinski definition) is 0. The minimum absolute atomic E-state index is 0.129. The number of hydrogen-bond acceptors (Lipinski definition) is 2. The maximum atomic E-state index is 12.4. The fraction of sp³-hybridized carbons (Fsp3) is 1.00. The summed E-state index contributed by atoms with van der Waals surface area (Å²) in [6.07, 6.45) is 0.243. The summed E-state index contributed by atoms with van der Waals surface area (Å²) in [6.45, 7) is 5.49. The maximum absolute atomic E-state index is 12.4. The van der Waals surface area contributed by atoms with Gasteiger partial charge in [0.25, 0.3) is 0 Å². The van der Waals surface area contributed by atoms with E-state index in [0.29, 0.717) is 19.6 Å². The Kier molecular flexibility index (Phi) is 5.52. The lowest BCUT2D eigenvalue weighted by Crippen LogP contribution is -2.30. The highest BCUT2D eigenvalue weighted by Gasteiger charge is 2.22. The quantitative estimate of drug-likeness (QED) is 0.601. The molecule has 0 spiro atoms. The molecular weight excluding hydrogens is 190 g/mol. The lowest BCUT2D eigenvalue weighted by atomic mass is 10.1. The molecule has 0 rings (SSSR count). The summed E-state index contributed by atoms with van der Waals surface area (Å²) in [6, 6.07) is 0. The highest BCUT2D eigenvalue weighted by atomic mass is 19.3. The standard InChI is InChI=1S/C10H20F2O2/c1-9(2,8-13-4)14-7-5-6-10(3,11)12/h5-8H2,1-4H3. The van der Waals surface area contributed by atoms with Crippen molar-refractivity contribution in [1.82, 2.24) is 0 Å². The van der Waals surface area contributed by atoms with E-state index in [1.807, 2.05) is 13.8 Å². The lowest BCUT2D eigenvalue weighted by Gasteiger charge is -2.24. The van der Waals surface area contributed by atoms with Gasteiger partial charge < -0.3 is 9.47 Å². The number of methoxy groups -OCH3 is 1. The minimum atomic E-state index is -2.59. The first kappa shape index (κ1) is 13.8. The Morgan fingerprint density at radius 2 is 1.71 bits per heavy atom. The van der Waals surface area contributed by atoms with Crippen LogP contribution in [-0.2, 0) is 9.47 Å². The molecule has 0 aromatic heterocycles. The fourth-order valence-electron chi connectivity index (χ4n) is 1.12. The molecule has 0 heterocycles. The Balaban J connectivity index is 3.54. The molecule has 0 saturated carbocycles. The van der Waals surface area contributed by atoms with E-state index in [-0.39, 0.29) is 6.42 Å². The molecule has 0 aromatic carbocycles. The van der Waals surface area contributed by atoms with Crippen LogP contribution in [0.3, 0.4) is 0 Å². The van der Waals surface area contributed by atoms with Crippen LogP contribution in [-0.4, -0.2) is 31.8 Å². The van der Waals surface area contributed by atoms with Crippen LogP contribution in [0.25, 0.3) is 0 Å². The molecule has 14 heavy (non-hydrogen) atoms. The van der Waals surface area contributed by atoms with Gasteiger partial charge in [-0.25, -0.2) is 8.78 Å². The van der Waals surface area contributed by atoms with Crippen LogP contribution in [0.5, 0.6) is 0 Å². The molecule has 0 radical (unpaired) electrons. The van der Waals surface area contributed by atoms with Gasteiger partial charge in [0.15, 0.2) is 0 Å². The molecule has 0 aliphatic carbocycles. The number of alkyl halides is 2. The number of rotatable bonds is 7. The Hall–Kier alpha value is -0.220. The third-order valence-electron chi connectivity index (χ3n) is 1.74. The van der Waals surface area contributed by atoms with Crippen molar-refractivity contribution >= 4 is 0 Å². The van der Waals surface area contributed by atoms with Gasteiger partial charge in [-0.15, -0.1) is 0 Å². The second-order valence-corrected chi connectivity index (χ2v) is 4.21. The van der Waals surface area contributed by atoms with Crippen molar-refractivity contribution < 1.29 is 18.3 Å². The molecule has 0 amide bonds. The van der Waals surface area contributed by atoms with E-state index in [2.05, 4.69) is 0 Å². The van der Waals surface area contributed by atoms with Crippen molar-refractivity contribution in [3.8, 4) is 0 Å². The molecule has 0 N–H and O–H groups in total. The first-order valence-electron chi connectivity index (χ1n) is 4.77. The molecule has 0 aliphatic heterocycles. The summed E-state index contributed by atoms with van der Waals surface area (Å²) in [5.74, 6) is -2.59. The highest BCUT2D eigenvalue weighted by molar-refractivity contribution is 4.67. The van der Waals surface area contributed by atoms with E-state index < -0.39 is 11.5 Å². The van der Waals surface area contributed by atoms with Gasteiger partial charge in [-0.1, -0.05) is 0 Å². The van der Waals surface area contributed by atoms with Crippen molar-refractivity contribution in [3.63, 3.8) is 0 Å². The minimum Gasteiger partial charge on any atom is -0.382 e. The highest BCUT2D eigenvalue weighted by Crippen LogP contribution is 2.19. The smallest absolute Gasteiger partial charge is 0.245 e. The topological polar surface area (TPSA) is 18.5 Å². The van der Waals surface area contributed by atoms with Crippen molar-refractivity contribution in [2.45, 2.75) is 45.1 Å². The average molecular weight is 210 g/mol. The van der Waals surface area contributed by atoms with E-state index in [9.17, 15) is 8.78 Å². The van der Waals surface area contributed by atoms with Crippen LogP contribution in [0.15, 0.2) is 0 Å². The molecule has 86 valence electrons. The Bertz CT molecular complexity index is 153. The summed E-state index contributed by atoms with van der Waals surface area (Å²) in [7, 11) is 1.59. The average Bonchev–Trinajstić information content (AvgIpc) is 1.96. The number of ether oxygens (including phenoxy) is 2. The Morgan fingerprint density at radius 3 is 2.14 bits per heavy atom. The van der Waals surface area contributed by atoms with Gasteiger partial charge in [-0.2, -0.15) is 0 Å². The van der Waals surface area contributed by atoms with Gasteiger partial charge in [-0.3, -0.25) is 0 Å². The molecule has 0 atom stereocenters. The Morgan fingerprint density at radius 1 is 1.14 bits per heavy atom. The number of halogens is 2. The molecule has 0 unspecified atom stereocenters. The summed E-state index contributed by atoms with van der Waals surface area (Å²) < 4.78 is 35.2. The van der Waals surface area contributed by atoms with Gasteiger partial charge in [0.1, 0.15) is 0 Å². The summed E-state index contributed by atoms with van der Waals surface area (Å²) >= 11 is 0. The third kappa shape index (κ3) is 8.38. The monoisotopic (exact) mass is 210 g/mol. The molecule has 0 bridgehead atoms. The molecule has 0 saturated heterocycles. The molecular formula is C10H20F2O2. The Labute approximate surface area is 84.6 Å². The largest absolute Gasteiger partial charge is 0.382 e. The molecule has 2 nitrogen and oxygen atoms in total. The van der Waals surface area contributed by atoms with E-state index in [1.54, 1.807) is 7.11 Å². The normalized spacial score (nSPS) is 13.3. The zero-order valence-corrected chi connectivity index (χ0v) is 9.40. The van der Waals surface area contributed by atoms with Crippen molar-refractivity contribution in [2.75, 3.05) is 20.3 Å². The van der Waals surface area contributed by atoms with E-state index in [4.69, 9.17) is 9.47 Å². The van der Waals surface area contributed by atoms with E-state index in [1.165, 1.54) is 0 Å². The van der Waals surface area contributed by atoms with Crippen LogP contribution in [0.4, 0.5) is 8.78 Å². The van der Waals surface area contributed by atoms with Crippen molar-refractivity contribution in [2.24, 2.45) is 0 Å². The second kappa shape index (κ2) is 5.61. The van der Waals surface area contributed by atoms with Gasteiger partial charge in [-0.05, 0) is 27.2 Å². The zero-order chi connectivity index (χ0) is 11.2. The van der Waals surface area contributed by atoms with Crippen LogP contribution in [0, 0.1) is 0 Å². The molecule has 0 aliphatic rings. The third-order valence-corrected chi connectivity index (χ3v) is 1.74. The molecule has 0 fully saturated rings. The van der Waals surface area contributed by atoms with Crippen LogP contribution >= 0.6 is 0 Å². The van der Waals surface area contributed by atoms with Gasteiger partial charge in [0.05, 0.1) is 12.2 Å². The lowest BCUT2D eigenvalue weighted by molar-refractivity contribution is -0.0731.